The van der Waals surface area contributed by atoms with Crippen molar-refractivity contribution in [1.82, 2.24) is 0 Å². The minimum Gasteiger partial charge on any atom is -0.462 e. The molecule has 1 aromatic heterocycles. The summed E-state index contributed by atoms with van der Waals surface area (Å²) in [7, 11) is 0. The molecule has 0 saturated carbocycles. The van der Waals surface area contributed by atoms with Crippen LogP contribution in [0, 0.1) is 5.82 Å². The van der Waals surface area contributed by atoms with E-state index in [-0.39, 0.29) is 16.7 Å². The molecule has 18 heavy (non-hydrogen) atoms. The summed E-state index contributed by atoms with van der Waals surface area (Å²) in [5.41, 5.74) is 0.446. The predicted octanol–water partition coefficient (Wildman–Crippen LogP) is 3.83. The Morgan fingerprint density at radius 2 is 1.78 bits per heavy atom. The minimum atomic E-state index is -0.490. The third-order valence-corrected chi connectivity index (χ3v) is 2.92. The molecular formula is C12H10Cl2FNO2. The standard InChI is InChI=1S/C12H10Cl2FNO2/c13-10-3-7(15)4-11(14)12(10)16-5-8-1-2-9(6-17)18-8/h1-4,16-17H,5-6H2. The lowest BCUT2D eigenvalue weighted by molar-refractivity contribution is 0.244. The van der Waals surface area contributed by atoms with Crippen molar-refractivity contribution in [2.75, 3.05) is 5.32 Å². The first-order chi connectivity index (χ1) is 8.60. The predicted molar refractivity (Wildman–Crippen MR) is 68.4 cm³/mol. The smallest absolute Gasteiger partial charge is 0.129 e. The van der Waals surface area contributed by atoms with E-state index in [0.29, 0.717) is 23.8 Å². The number of halogens is 3. The highest BCUT2D eigenvalue weighted by Gasteiger charge is 2.09. The Balaban J connectivity index is 2.10. The van der Waals surface area contributed by atoms with E-state index >= 15 is 0 Å². The number of anilines is 1. The molecule has 2 aromatic rings. The Labute approximate surface area is 113 Å². The third-order valence-electron chi connectivity index (χ3n) is 2.32. The van der Waals surface area contributed by atoms with Crippen LogP contribution in [0.15, 0.2) is 28.7 Å². The number of rotatable bonds is 4. The van der Waals surface area contributed by atoms with Gasteiger partial charge in [0.1, 0.15) is 23.9 Å². The van der Waals surface area contributed by atoms with Crippen LogP contribution in [0.2, 0.25) is 10.0 Å². The van der Waals surface area contributed by atoms with Gasteiger partial charge in [-0.2, -0.15) is 0 Å². The van der Waals surface area contributed by atoms with Gasteiger partial charge in [0, 0.05) is 0 Å². The molecule has 2 N–H and O–H groups in total. The molecule has 0 aliphatic heterocycles. The molecule has 0 spiro atoms. The Hall–Kier alpha value is -1.23. The van der Waals surface area contributed by atoms with Crippen LogP contribution in [0.1, 0.15) is 11.5 Å². The van der Waals surface area contributed by atoms with Gasteiger partial charge < -0.3 is 14.8 Å². The number of hydrogen-bond donors (Lipinski definition) is 2. The summed E-state index contributed by atoms with van der Waals surface area (Å²) < 4.78 is 18.3. The number of aliphatic hydroxyl groups excluding tert-OH is 1. The molecule has 0 bridgehead atoms. The van der Waals surface area contributed by atoms with Crippen LogP contribution < -0.4 is 5.32 Å². The van der Waals surface area contributed by atoms with Gasteiger partial charge in [-0.1, -0.05) is 23.2 Å². The van der Waals surface area contributed by atoms with Crippen LogP contribution in [0.25, 0.3) is 0 Å². The van der Waals surface area contributed by atoms with E-state index in [4.69, 9.17) is 32.7 Å². The van der Waals surface area contributed by atoms with E-state index in [1.165, 1.54) is 12.1 Å². The molecule has 0 fully saturated rings. The first-order valence-corrected chi connectivity index (χ1v) is 5.92. The topological polar surface area (TPSA) is 45.4 Å². The molecule has 6 heteroatoms. The fourth-order valence-electron chi connectivity index (χ4n) is 1.49. The highest BCUT2D eigenvalue weighted by molar-refractivity contribution is 6.39. The van der Waals surface area contributed by atoms with E-state index in [0.717, 1.165) is 0 Å². The van der Waals surface area contributed by atoms with Crippen molar-refractivity contribution in [2.24, 2.45) is 0 Å². The Morgan fingerprint density at radius 3 is 2.33 bits per heavy atom. The van der Waals surface area contributed by atoms with Gasteiger partial charge in [-0.05, 0) is 24.3 Å². The summed E-state index contributed by atoms with van der Waals surface area (Å²) in [6, 6.07) is 5.75. The lowest BCUT2D eigenvalue weighted by Crippen LogP contribution is -2.00. The van der Waals surface area contributed by atoms with Crippen LogP contribution in [0.5, 0.6) is 0 Å². The van der Waals surface area contributed by atoms with E-state index < -0.39 is 5.82 Å². The van der Waals surface area contributed by atoms with E-state index in [1.54, 1.807) is 12.1 Å². The van der Waals surface area contributed by atoms with Gasteiger partial charge in [0.2, 0.25) is 0 Å². The summed E-state index contributed by atoms with van der Waals surface area (Å²) in [6.45, 7) is 0.184. The SMILES string of the molecule is OCc1ccc(CNc2c(Cl)cc(F)cc2Cl)o1. The van der Waals surface area contributed by atoms with Crippen LogP contribution in [-0.4, -0.2) is 5.11 Å². The minimum absolute atomic E-state index is 0.155. The van der Waals surface area contributed by atoms with E-state index in [1.807, 2.05) is 0 Å². The van der Waals surface area contributed by atoms with Crippen LogP contribution in [0.4, 0.5) is 10.1 Å². The lowest BCUT2D eigenvalue weighted by atomic mass is 10.3. The van der Waals surface area contributed by atoms with Crippen LogP contribution in [0.3, 0.4) is 0 Å². The largest absolute Gasteiger partial charge is 0.462 e. The summed E-state index contributed by atoms with van der Waals surface area (Å²) in [5.74, 6) is 0.606. The average Bonchev–Trinajstić information content (AvgIpc) is 2.75. The van der Waals surface area contributed by atoms with E-state index in [2.05, 4.69) is 5.32 Å². The second-order valence-corrected chi connectivity index (χ2v) is 4.44. The molecule has 0 atom stereocenters. The maximum absolute atomic E-state index is 13.0. The molecule has 1 aromatic carbocycles. The number of nitrogens with one attached hydrogen (secondary N) is 1. The van der Waals surface area contributed by atoms with E-state index in [9.17, 15) is 4.39 Å². The molecule has 0 amide bonds. The molecule has 0 aliphatic rings. The van der Waals surface area contributed by atoms with Crippen molar-refractivity contribution in [3.05, 3.63) is 51.6 Å². The molecule has 2 rings (SSSR count). The van der Waals surface area contributed by atoms with Crippen LogP contribution in [-0.2, 0) is 13.2 Å². The van der Waals surface area contributed by atoms with Crippen molar-refractivity contribution in [3.8, 4) is 0 Å². The van der Waals surface area contributed by atoms with Gasteiger partial charge in [-0.15, -0.1) is 0 Å². The fraction of sp³-hybridized carbons (Fsp3) is 0.167. The van der Waals surface area contributed by atoms with Crippen molar-refractivity contribution in [2.45, 2.75) is 13.2 Å². The van der Waals surface area contributed by atoms with Gasteiger partial charge in [0.05, 0.1) is 22.3 Å². The Kier molecular flexibility index (Phi) is 4.11. The molecule has 0 unspecified atom stereocenters. The highest BCUT2D eigenvalue weighted by Crippen LogP contribution is 2.31. The van der Waals surface area contributed by atoms with Crippen molar-refractivity contribution in [1.29, 1.82) is 0 Å². The maximum atomic E-state index is 13.0. The molecule has 1 heterocycles. The summed E-state index contributed by atoms with van der Waals surface area (Å²) in [5, 5.41) is 12.2. The summed E-state index contributed by atoms with van der Waals surface area (Å²) in [4.78, 5) is 0. The fourth-order valence-corrected chi connectivity index (χ4v) is 2.08. The normalized spacial score (nSPS) is 10.7. The van der Waals surface area contributed by atoms with Crippen LogP contribution >= 0.6 is 23.2 Å². The van der Waals surface area contributed by atoms with Crippen molar-refractivity contribution >= 4 is 28.9 Å². The highest BCUT2D eigenvalue weighted by atomic mass is 35.5. The average molecular weight is 290 g/mol. The lowest BCUT2D eigenvalue weighted by Gasteiger charge is -2.09. The maximum Gasteiger partial charge on any atom is 0.129 e. The monoisotopic (exact) mass is 289 g/mol. The van der Waals surface area contributed by atoms with Crippen molar-refractivity contribution in [3.63, 3.8) is 0 Å². The Bertz CT molecular complexity index is 534. The number of benzene rings is 1. The third kappa shape index (κ3) is 2.96. The summed E-state index contributed by atoms with van der Waals surface area (Å²) >= 11 is 11.8. The van der Waals surface area contributed by atoms with Gasteiger partial charge in [0.25, 0.3) is 0 Å². The molecule has 0 radical (unpaired) electrons. The zero-order valence-corrected chi connectivity index (χ0v) is 10.7. The second kappa shape index (κ2) is 5.61. The van der Waals surface area contributed by atoms with Gasteiger partial charge in [-0.25, -0.2) is 4.39 Å². The first-order valence-electron chi connectivity index (χ1n) is 5.17. The molecule has 96 valence electrons. The van der Waals surface area contributed by atoms with Gasteiger partial charge >= 0.3 is 0 Å². The molecule has 3 nitrogen and oxygen atoms in total. The quantitative estimate of drug-likeness (QED) is 0.899. The zero-order chi connectivity index (χ0) is 13.1. The van der Waals surface area contributed by atoms with Gasteiger partial charge in [0.15, 0.2) is 0 Å². The molecular weight excluding hydrogens is 280 g/mol. The zero-order valence-electron chi connectivity index (χ0n) is 9.21. The van der Waals surface area contributed by atoms with Gasteiger partial charge in [-0.3, -0.25) is 0 Å². The number of furan rings is 1. The Morgan fingerprint density at radius 1 is 1.17 bits per heavy atom. The number of hydrogen-bond acceptors (Lipinski definition) is 3. The second-order valence-electron chi connectivity index (χ2n) is 3.62. The first kappa shape index (κ1) is 13.2. The molecule has 0 saturated heterocycles. The van der Waals surface area contributed by atoms with Crippen molar-refractivity contribution < 1.29 is 13.9 Å². The summed E-state index contributed by atoms with van der Waals surface area (Å²) in [6.07, 6.45) is 0. The molecule has 0 aliphatic carbocycles. The number of aliphatic hydroxyl groups is 1.